The maximum atomic E-state index is 12.4. The molecule has 0 aliphatic carbocycles. The van der Waals surface area contributed by atoms with Crippen molar-refractivity contribution in [3.8, 4) is 11.5 Å². The molecule has 0 spiro atoms. The van der Waals surface area contributed by atoms with Crippen LogP contribution in [0.2, 0.25) is 0 Å². The SMILES string of the molecule is O=C(NCCCOc1cccc(O)c1)c1ccc(C(F)(F)F)cc1. The topological polar surface area (TPSA) is 58.6 Å². The number of carbonyl (C=O) groups is 1. The molecular weight excluding hydrogens is 323 g/mol. The third kappa shape index (κ3) is 5.19. The van der Waals surface area contributed by atoms with Gasteiger partial charge in [-0.15, -0.1) is 0 Å². The van der Waals surface area contributed by atoms with E-state index in [2.05, 4.69) is 5.32 Å². The van der Waals surface area contributed by atoms with Crippen molar-refractivity contribution >= 4 is 5.91 Å². The summed E-state index contributed by atoms with van der Waals surface area (Å²) in [4.78, 5) is 11.8. The first kappa shape index (κ1) is 17.7. The van der Waals surface area contributed by atoms with Gasteiger partial charge in [0.25, 0.3) is 5.91 Å². The molecule has 0 aliphatic heterocycles. The third-order valence-corrected chi connectivity index (χ3v) is 3.17. The number of rotatable bonds is 6. The van der Waals surface area contributed by atoms with Crippen molar-refractivity contribution in [1.29, 1.82) is 0 Å². The zero-order chi connectivity index (χ0) is 17.6. The Balaban J connectivity index is 1.73. The summed E-state index contributed by atoms with van der Waals surface area (Å²) in [5.41, 5.74) is -0.629. The molecule has 4 nitrogen and oxygen atoms in total. The molecule has 0 bridgehead atoms. The van der Waals surface area contributed by atoms with E-state index in [9.17, 15) is 23.1 Å². The highest BCUT2D eigenvalue weighted by atomic mass is 19.4. The van der Waals surface area contributed by atoms with Crippen LogP contribution in [0.4, 0.5) is 13.2 Å². The summed E-state index contributed by atoms with van der Waals surface area (Å²) < 4.78 is 42.7. The van der Waals surface area contributed by atoms with Gasteiger partial charge in [-0.2, -0.15) is 13.2 Å². The van der Waals surface area contributed by atoms with Gasteiger partial charge in [0.15, 0.2) is 0 Å². The number of aromatic hydroxyl groups is 1. The molecule has 0 aliphatic rings. The van der Waals surface area contributed by atoms with Crippen LogP contribution in [0.3, 0.4) is 0 Å². The van der Waals surface area contributed by atoms with Crippen LogP contribution in [0.25, 0.3) is 0 Å². The molecule has 0 saturated carbocycles. The van der Waals surface area contributed by atoms with Crippen molar-refractivity contribution < 1.29 is 27.8 Å². The van der Waals surface area contributed by atoms with E-state index in [4.69, 9.17) is 4.74 Å². The fourth-order valence-corrected chi connectivity index (χ4v) is 1.95. The molecule has 0 saturated heterocycles. The van der Waals surface area contributed by atoms with Crippen molar-refractivity contribution in [3.05, 3.63) is 59.7 Å². The van der Waals surface area contributed by atoms with Gasteiger partial charge in [-0.1, -0.05) is 6.07 Å². The highest BCUT2D eigenvalue weighted by Crippen LogP contribution is 2.29. The number of halogens is 3. The van der Waals surface area contributed by atoms with Gasteiger partial charge in [-0.25, -0.2) is 0 Å². The summed E-state index contributed by atoms with van der Waals surface area (Å²) in [6, 6.07) is 10.4. The molecule has 0 unspecified atom stereocenters. The minimum absolute atomic E-state index is 0.100. The Hall–Kier alpha value is -2.70. The van der Waals surface area contributed by atoms with Gasteiger partial charge in [-0.05, 0) is 42.8 Å². The number of phenols is 1. The monoisotopic (exact) mass is 339 g/mol. The number of carbonyl (C=O) groups excluding carboxylic acids is 1. The number of hydrogen-bond donors (Lipinski definition) is 2. The average Bonchev–Trinajstić information content (AvgIpc) is 2.54. The second-order valence-electron chi connectivity index (χ2n) is 5.03. The minimum Gasteiger partial charge on any atom is -0.508 e. The number of alkyl halides is 3. The minimum atomic E-state index is -4.42. The van der Waals surface area contributed by atoms with Crippen LogP contribution < -0.4 is 10.1 Å². The molecular formula is C17H16F3NO3. The van der Waals surface area contributed by atoms with Crippen LogP contribution in [-0.4, -0.2) is 24.2 Å². The molecule has 0 fully saturated rings. The quantitative estimate of drug-likeness (QED) is 0.791. The number of phenolic OH excluding ortho intramolecular Hbond substituents is 1. The van der Waals surface area contributed by atoms with E-state index in [-0.39, 0.29) is 11.3 Å². The molecule has 1 amide bonds. The van der Waals surface area contributed by atoms with Crippen molar-refractivity contribution in [2.75, 3.05) is 13.2 Å². The van der Waals surface area contributed by atoms with Crippen molar-refractivity contribution in [3.63, 3.8) is 0 Å². The molecule has 7 heteroatoms. The van der Waals surface area contributed by atoms with E-state index >= 15 is 0 Å². The fraction of sp³-hybridized carbons (Fsp3) is 0.235. The second kappa shape index (κ2) is 7.72. The van der Waals surface area contributed by atoms with Gasteiger partial charge in [0, 0.05) is 18.2 Å². The number of benzene rings is 2. The lowest BCUT2D eigenvalue weighted by Crippen LogP contribution is -2.25. The first-order valence-corrected chi connectivity index (χ1v) is 7.23. The number of amides is 1. The van der Waals surface area contributed by atoms with E-state index in [0.29, 0.717) is 25.3 Å². The lowest BCUT2D eigenvalue weighted by Gasteiger charge is -2.09. The molecule has 2 aromatic carbocycles. The van der Waals surface area contributed by atoms with Gasteiger partial charge in [0.05, 0.1) is 12.2 Å². The highest BCUT2D eigenvalue weighted by Gasteiger charge is 2.30. The predicted molar refractivity (Wildman–Crippen MR) is 82.0 cm³/mol. The average molecular weight is 339 g/mol. The van der Waals surface area contributed by atoms with Gasteiger partial charge >= 0.3 is 6.18 Å². The largest absolute Gasteiger partial charge is 0.508 e. The molecule has 2 rings (SSSR count). The lowest BCUT2D eigenvalue weighted by atomic mass is 10.1. The summed E-state index contributed by atoms with van der Waals surface area (Å²) in [7, 11) is 0. The van der Waals surface area contributed by atoms with E-state index in [1.54, 1.807) is 12.1 Å². The van der Waals surface area contributed by atoms with Crippen LogP contribution >= 0.6 is 0 Å². The zero-order valence-electron chi connectivity index (χ0n) is 12.6. The van der Waals surface area contributed by atoms with Crippen LogP contribution in [0.1, 0.15) is 22.3 Å². The standard InChI is InChI=1S/C17H16F3NO3/c18-17(19,20)13-7-5-12(6-8-13)16(23)21-9-2-10-24-15-4-1-3-14(22)11-15/h1,3-8,11,22H,2,9-10H2,(H,21,23). The molecule has 0 aromatic heterocycles. The first-order chi connectivity index (χ1) is 11.4. The summed E-state index contributed by atoms with van der Waals surface area (Å²) in [5, 5.41) is 11.9. The van der Waals surface area contributed by atoms with E-state index in [1.807, 2.05) is 0 Å². The van der Waals surface area contributed by atoms with E-state index in [0.717, 1.165) is 24.3 Å². The Morgan fingerprint density at radius 3 is 2.46 bits per heavy atom. The zero-order valence-corrected chi connectivity index (χ0v) is 12.6. The first-order valence-electron chi connectivity index (χ1n) is 7.23. The van der Waals surface area contributed by atoms with Gasteiger partial charge in [0.1, 0.15) is 11.5 Å². The molecule has 2 aromatic rings. The van der Waals surface area contributed by atoms with Crippen LogP contribution in [0.15, 0.2) is 48.5 Å². The third-order valence-electron chi connectivity index (χ3n) is 3.17. The van der Waals surface area contributed by atoms with Crippen LogP contribution in [-0.2, 0) is 6.18 Å². The number of hydrogen-bond acceptors (Lipinski definition) is 3. The summed E-state index contributed by atoms with van der Waals surface area (Å²) >= 11 is 0. The Morgan fingerprint density at radius 2 is 1.83 bits per heavy atom. The second-order valence-corrected chi connectivity index (χ2v) is 5.03. The molecule has 0 radical (unpaired) electrons. The summed E-state index contributed by atoms with van der Waals surface area (Å²) in [6.07, 6.45) is -3.90. The molecule has 24 heavy (non-hydrogen) atoms. The Kier molecular flexibility index (Phi) is 5.68. The lowest BCUT2D eigenvalue weighted by molar-refractivity contribution is -0.137. The van der Waals surface area contributed by atoms with E-state index < -0.39 is 17.6 Å². The van der Waals surface area contributed by atoms with Gasteiger partial charge < -0.3 is 15.2 Å². The molecule has 0 heterocycles. The molecule has 2 N–H and O–H groups in total. The van der Waals surface area contributed by atoms with Gasteiger partial charge in [-0.3, -0.25) is 4.79 Å². The Bertz CT molecular complexity index is 684. The van der Waals surface area contributed by atoms with Crippen LogP contribution in [0.5, 0.6) is 11.5 Å². The van der Waals surface area contributed by atoms with Crippen molar-refractivity contribution in [2.24, 2.45) is 0 Å². The van der Waals surface area contributed by atoms with Crippen LogP contribution in [0, 0.1) is 0 Å². The molecule has 128 valence electrons. The van der Waals surface area contributed by atoms with E-state index in [1.165, 1.54) is 12.1 Å². The van der Waals surface area contributed by atoms with Gasteiger partial charge in [0.2, 0.25) is 0 Å². The number of ether oxygens (including phenoxy) is 1. The smallest absolute Gasteiger partial charge is 0.416 e. The predicted octanol–water partition coefficient (Wildman–Crippen LogP) is 3.61. The fourth-order valence-electron chi connectivity index (χ4n) is 1.95. The summed E-state index contributed by atoms with van der Waals surface area (Å²) in [5.74, 6) is 0.174. The maximum absolute atomic E-state index is 12.4. The van der Waals surface area contributed by atoms with Crippen molar-refractivity contribution in [2.45, 2.75) is 12.6 Å². The molecule has 0 atom stereocenters. The maximum Gasteiger partial charge on any atom is 0.416 e. The Morgan fingerprint density at radius 1 is 1.12 bits per heavy atom. The Labute approximate surface area is 136 Å². The highest BCUT2D eigenvalue weighted by molar-refractivity contribution is 5.94. The summed E-state index contributed by atoms with van der Waals surface area (Å²) in [6.45, 7) is 0.648. The normalized spacial score (nSPS) is 11.1. The van der Waals surface area contributed by atoms with Crippen molar-refractivity contribution in [1.82, 2.24) is 5.32 Å². The number of nitrogens with one attached hydrogen (secondary N) is 1.